The lowest BCUT2D eigenvalue weighted by Crippen LogP contribution is -2.28. The Morgan fingerprint density at radius 1 is 1.03 bits per heavy atom. The molecule has 3 aromatic rings. The summed E-state index contributed by atoms with van der Waals surface area (Å²) in [5, 5.41) is 9.74. The summed E-state index contributed by atoms with van der Waals surface area (Å²) in [5.41, 5.74) is 9.23. The number of hydrogen-bond donors (Lipinski definition) is 1. The van der Waals surface area contributed by atoms with Gasteiger partial charge < -0.3 is 19.9 Å². The summed E-state index contributed by atoms with van der Waals surface area (Å²) < 4.78 is 17.9. The summed E-state index contributed by atoms with van der Waals surface area (Å²) in [6.45, 7) is 5.86. The van der Waals surface area contributed by atoms with Crippen LogP contribution in [0, 0.1) is 11.3 Å². The molecule has 3 aromatic carbocycles. The second kappa shape index (κ2) is 10.2. The fraction of sp³-hybridized carbons (Fsp3) is 0.214. The van der Waals surface area contributed by atoms with Crippen LogP contribution in [0.25, 0.3) is 0 Å². The largest absolute Gasteiger partial charge is 0.479 e. The molecule has 1 heterocycles. The quantitative estimate of drug-likeness (QED) is 0.301. The summed E-state index contributed by atoms with van der Waals surface area (Å²) in [4.78, 5) is 12.7. The lowest BCUT2D eigenvalue weighted by atomic mass is 9.83. The molecule has 2 N–H and O–H groups in total. The van der Waals surface area contributed by atoms with Crippen molar-refractivity contribution in [3.63, 3.8) is 0 Å². The van der Waals surface area contributed by atoms with Crippen LogP contribution < -0.4 is 19.9 Å². The minimum atomic E-state index is -0.819. The lowest BCUT2D eigenvalue weighted by molar-refractivity contribution is -0.141. The number of benzene rings is 3. The van der Waals surface area contributed by atoms with Crippen LogP contribution in [0.15, 0.2) is 82.7 Å². The zero-order valence-electron chi connectivity index (χ0n) is 19.6. The van der Waals surface area contributed by atoms with E-state index < -0.39 is 18.0 Å². The standard InChI is InChI=1S/C28H25BrN2O4/c1-16(2)18-8-10-19(11-9-18)33-17(3)28(32)34-20-12-13-22-25(14-20)35-27(31)23(15-30)26(22)21-6-4-5-7-24(21)29/h4-14,16-17,26H,31H2,1-3H3. The number of ether oxygens (including phenoxy) is 3. The smallest absolute Gasteiger partial charge is 0.352 e. The number of nitrogens with two attached hydrogens (primary N) is 1. The predicted octanol–water partition coefficient (Wildman–Crippen LogP) is 6.16. The van der Waals surface area contributed by atoms with Gasteiger partial charge in [-0.2, -0.15) is 5.26 Å². The molecule has 0 radical (unpaired) electrons. The van der Waals surface area contributed by atoms with Crippen LogP contribution >= 0.6 is 15.9 Å². The van der Waals surface area contributed by atoms with E-state index in [0.29, 0.717) is 28.7 Å². The maximum Gasteiger partial charge on any atom is 0.352 e. The molecule has 0 amide bonds. The number of nitrogens with zero attached hydrogens (tertiary/aromatic N) is 1. The van der Waals surface area contributed by atoms with Crippen molar-refractivity contribution >= 4 is 21.9 Å². The van der Waals surface area contributed by atoms with Crippen molar-refractivity contribution in [3.05, 3.63) is 99.3 Å². The zero-order valence-corrected chi connectivity index (χ0v) is 21.2. The Morgan fingerprint density at radius 2 is 1.71 bits per heavy atom. The Balaban J connectivity index is 1.54. The average Bonchev–Trinajstić information content (AvgIpc) is 2.84. The van der Waals surface area contributed by atoms with Crippen molar-refractivity contribution in [1.29, 1.82) is 5.26 Å². The number of esters is 1. The maximum absolute atomic E-state index is 12.7. The molecule has 178 valence electrons. The van der Waals surface area contributed by atoms with E-state index in [1.54, 1.807) is 25.1 Å². The highest BCUT2D eigenvalue weighted by atomic mass is 79.9. The van der Waals surface area contributed by atoms with Gasteiger partial charge in [0.05, 0.1) is 5.92 Å². The Morgan fingerprint density at radius 3 is 2.37 bits per heavy atom. The number of hydrogen-bond acceptors (Lipinski definition) is 6. The van der Waals surface area contributed by atoms with Gasteiger partial charge in [-0.25, -0.2) is 4.79 Å². The molecule has 0 spiro atoms. The molecule has 0 saturated heterocycles. The Bertz CT molecular complexity index is 1330. The van der Waals surface area contributed by atoms with Crippen LogP contribution in [0.5, 0.6) is 17.2 Å². The number of halogens is 1. The van der Waals surface area contributed by atoms with Crippen molar-refractivity contribution in [2.75, 3.05) is 0 Å². The molecule has 0 bridgehead atoms. The highest BCUT2D eigenvalue weighted by Gasteiger charge is 2.32. The Labute approximate surface area is 213 Å². The van der Waals surface area contributed by atoms with Crippen molar-refractivity contribution in [2.24, 2.45) is 5.73 Å². The van der Waals surface area contributed by atoms with Crippen LogP contribution in [-0.2, 0) is 4.79 Å². The van der Waals surface area contributed by atoms with Crippen LogP contribution in [0.2, 0.25) is 0 Å². The highest BCUT2D eigenvalue weighted by molar-refractivity contribution is 9.10. The number of nitriles is 1. The van der Waals surface area contributed by atoms with E-state index in [1.807, 2.05) is 48.5 Å². The summed E-state index contributed by atoms with van der Waals surface area (Å²) in [7, 11) is 0. The van der Waals surface area contributed by atoms with Gasteiger partial charge in [0.25, 0.3) is 0 Å². The third-order valence-electron chi connectivity index (χ3n) is 5.82. The monoisotopic (exact) mass is 532 g/mol. The first kappa shape index (κ1) is 24.4. The SMILES string of the molecule is CC(Oc1ccc(C(C)C)cc1)C(=O)Oc1ccc2c(c1)OC(N)=C(C#N)C2c1ccccc1Br. The van der Waals surface area contributed by atoms with E-state index in [-0.39, 0.29) is 5.88 Å². The number of rotatable bonds is 6. The van der Waals surface area contributed by atoms with Gasteiger partial charge in [-0.3, -0.25) is 0 Å². The lowest BCUT2D eigenvalue weighted by Gasteiger charge is -2.27. The van der Waals surface area contributed by atoms with Gasteiger partial charge in [0.15, 0.2) is 6.10 Å². The molecule has 0 aliphatic carbocycles. The minimum Gasteiger partial charge on any atom is -0.479 e. The van der Waals surface area contributed by atoms with Gasteiger partial charge >= 0.3 is 5.97 Å². The van der Waals surface area contributed by atoms with E-state index in [9.17, 15) is 10.1 Å². The fourth-order valence-electron chi connectivity index (χ4n) is 3.91. The normalized spacial score (nSPS) is 15.6. The molecule has 4 rings (SSSR count). The molecular weight excluding hydrogens is 508 g/mol. The second-order valence-electron chi connectivity index (χ2n) is 8.55. The molecular formula is C28H25BrN2O4. The van der Waals surface area contributed by atoms with Gasteiger partial charge in [-0.05, 0) is 48.2 Å². The first-order valence-electron chi connectivity index (χ1n) is 11.2. The molecule has 2 unspecified atom stereocenters. The number of allylic oxidation sites excluding steroid dienone is 1. The Hall–Kier alpha value is -3.76. The van der Waals surface area contributed by atoms with Crippen LogP contribution in [0.4, 0.5) is 0 Å². The van der Waals surface area contributed by atoms with E-state index in [4.69, 9.17) is 19.9 Å². The van der Waals surface area contributed by atoms with Gasteiger partial charge in [0.2, 0.25) is 5.88 Å². The van der Waals surface area contributed by atoms with Gasteiger partial charge in [0, 0.05) is 16.1 Å². The molecule has 6 nitrogen and oxygen atoms in total. The first-order chi connectivity index (χ1) is 16.8. The summed E-state index contributed by atoms with van der Waals surface area (Å²) in [5.74, 6) is 0.770. The van der Waals surface area contributed by atoms with Crippen LogP contribution in [0.3, 0.4) is 0 Å². The van der Waals surface area contributed by atoms with E-state index in [0.717, 1.165) is 15.6 Å². The third kappa shape index (κ3) is 5.18. The predicted molar refractivity (Wildman–Crippen MR) is 136 cm³/mol. The third-order valence-corrected chi connectivity index (χ3v) is 6.54. The van der Waals surface area contributed by atoms with Crippen molar-refractivity contribution in [2.45, 2.75) is 38.7 Å². The zero-order chi connectivity index (χ0) is 25.1. The molecule has 7 heteroatoms. The number of carbonyl (C=O) groups is 1. The number of carbonyl (C=O) groups excluding carboxylic acids is 1. The fourth-order valence-corrected chi connectivity index (χ4v) is 4.42. The van der Waals surface area contributed by atoms with Crippen molar-refractivity contribution < 1.29 is 19.0 Å². The first-order valence-corrected chi connectivity index (χ1v) is 12.0. The van der Waals surface area contributed by atoms with Gasteiger partial charge in [0.1, 0.15) is 28.9 Å². The van der Waals surface area contributed by atoms with E-state index in [2.05, 4.69) is 35.8 Å². The average molecular weight is 533 g/mol. The van der Waals surface area contributed by atoms with Crippen LogP contribution in [0.1, 0.15) is 49.3 Å². The van der Waals surface area contributed by atoms with Crippen molar-refractivity contribution in [1.82, 2.24) is 0 Å². The maximum atomic E-state index is 12.7. The Kier molecular flexibility index (Phi) is 7.13. The molecule has 1 aliphatic heterocycles. The van der Waals surface area contributed by atoms with Gasteiger partial charge in [-0.1, -0.05) is 66.2 Å². The van der Waals surface area contributed by atoms with Crippen LogP contribution in [-0.4, -0.2) is 12.1 Å². The molecule has 1 aliphatic rings. The molecule has 2 atom stereocenters. The summed E-state index contributed by atoms with van der Waals surface area (Å²) >= 11 is 3.56. The minimum absolute atomic E-state index is 0.0192. The molecule has 0 saturated carbocycles. The molecule has 0 aromatic heterocycles. The molecule has 35 heavy (non-hydrogen) atoms. The van der Waals surface area contributed by atoms with Crippen molar-refractivity contribution in [3.8, 4) is 23.3 Å². The highest BCUT2D eigenvalue weighted by Crippen LogP contribution is 2.45. The summed E-state index contributed by atoms with van der Waals surface area (Å²) in [6, 6.07) is 22.5. The molecule has 0 fully saturated rings. The second-order valence-corrected chi connectivity index (χ2v) is 9.41. The summed E-state index contributed by atoms with van der Waals surface area (Å²) in [6.07, 6.45) is -0.819. The van der Waals surface area contributed by atoms with E-state index in [1.165, 1.54) is 5.56 Å². The van der Waals surface area contributed by atoms with E-state index >= 15 is 0 Å². The van der Waals surface area contributed by atoms with Gasteiger partial charge in [-0.15, -0.1) is 0 Å². The topological polar surface area (TPSA) is 94.6 Å². The number of fused-ring (bicyclic) bond motifs is 1.